The van der Waals surface area contributed by atoms with E-state index in [1.165, 1.54) is 76.6 Å². The Morgan fingerprint density at radius 1 is 0.535 bits per heavy atom. The summed E-state index contributed by atoms with van der Waals surface area (Å²) in [6, 6.07) is 32.2. The van der Waals surface area contributed by atoms with Crippen molar-refractivity contribution in [1.82, 2.24) is 0 Å². The van der Waals surface area contributed by atoms with Gasteiger partial charge < -0.3 is 0 Å². The molecule has 0 aromatic heterocycles. The van der Waals surface area contributed by atoms with Crippen LogP contribution in [0, 0.1) is 13.8 Å². The third-order valence-corrected chi connectivity index (χ3v) is 67.0. The van der Waals surface area contributed by atoms with Gasteiger partial charge in [-0.25, -0.2) is 0 Å². The molecule has 0 saturated heterocycles. The maximum atomic E-state index is 2.91. The number of allylic oxidation sites excluding steroid dienone is 2. The number of benzene rings is 4. The van der Waals surface area contributed by atoms with Crippen LogP contribution in [0.5, 0.6) is 0 Å². The van der Waals surface area contributed by atoms with E-state index in [9.17, 15) is 0 Å². The standard InChI is InChI=1S/2C16H13.C6H11.3CH3.Hf.H2Si/c2*1-12-6-2-3-9-14(12)16-11-5-8-13-7-4-10-15(13)16;1-2-4-6-5-3-1;;;;;/h2*2-11H,1H3;1H,2-6H2;3*1H3;;1H2. The van der Waals surface area contributed by atoms with E-state index in [1.807, 2.05) is 0 Å². The van der Waals surface area contributed by atoms with Gasteiger partial charge >= 0.3 is 257 Å². The Kier molecular flexibility index (Phi) is 6.11. The number of aryl methyl sites for hydroxylation is 2. The van der Waals surface area contributed by atoms with Crippen LogP contribution in [0.25, 0.3) is 34.4 Å². The number of hydrogen-bond acceptors (Lipinski definition) is 0. The Balaban J connectivity index is 1.49. The fraction of sp³-hybridized carbons (Fsp3) is 0.317. The van der Waals surface area contributed by atoms with Crippen molar-refractivity contribution in [2.75, 3.05) is 0 Å². The van der Waals surface area contributed by atoms with Crippen molar-refractivity contribution in [3.63, 3.8) is 0 Å². The van der Waals surface area contributed by atoms with E-state index in [1.54, 1.807) is 11.1 Å². The second-order valence-corrected chi connectivity index (χ2v) is 97.4. The van der Waals surface area contributed by atoms with Gasteiger partial charge in [-0.3, -0.25) is 0 Å². The van der Waals surface area contributed by atoms with Crippen LogP contribution >= 0.6 is 0 Å². The zero-order valence-electron chi connectivity index (χ0n) is 26.9. The fourth-order valence-electron chi connectivity index (χ4n) is 10.5. The van der Waals surface area contributed by atoms with Gasteiger partial charge in [0.05, 0.1) is 0 Å². The molecule has 2 atom stereocenters. The van der Waals surface area contributed by atoms with Crippen LogP contribution in [0.1, 0.15) is 72.8 Å². The molecule has 220 valence electrons. The van der Waals surface area contributed by atoms with E-state index in [2.05, 4.69) is 144 Å². The summed E-state index contributed by atoms with van der Waals surface area (Å²) in [5.41, 5.74) is 14.3. The van der Waals surface area contributed by atoms with Crippen molar-refractivity contribution in [1.29, 1.82) is 0 Å². The van der Waals surface area contributed by atoms with Crippen LogP contribution in [0.4, 0.5) is 0 Å². The van der Waals surface area contributed by atoms with Gasteiger partial charge in [-0.05, 0) is 0 Å². The molecule has 3 aliphatic carbocycles. The molecule has 4 aromatic carbocycles. The van der Waals surface area contributed by atoms with Crippen molar-refractivity contribution in [3.8, 4) is 22.3 Å². The van der Waals surface area contributed by atoms with E-state index in [-0.39, 0.29) is 0 Å². The second-order valence-electron chi connectivity index (χ2n) is 17.5. The number of rotatable bonds is 5. The molecule has 0 radical (unpaired) electrons. The van der Waals surface area contributed by atoms with Crippen LogP contribution in [-0.2, 0) is 14.2 Å². The second kappa shape index (κ2) is 9.01. The quantitative estimate of drug-likeness (QED) is 0.178. The zero-order chi connectivity index (χ0) is 30.1. The average molecular weight is 747 g/mol. The Morgan fingerprint density at radius 3 is 1.40 bits per heavy atom. The fourth-order valence-corrected chi connectivity index (χ4v) is 56.4. The Bertz CT molecular complexity index is 1850. The van der Waals surface area contributed by atoms with Crippen molar-refractivity contribution < 1.29 is 14.2 Å². The van der Waals surface area contributed by atoms with Gasteiger partial charge in [-0.1, -0.05) is 0 Å². The first kappa shape index (κ1) is 29.2. The van der Waals surface area contributed by atoms with Gasteiger partial charge in [0.1, 0.15) is 0 Å². The van der Waals surface area contributed by atoms with E-state index in [0.717, 1.165) is 3.67 Å². The van der Waals surface area contributed by atoms with Crippen LogP contribution < -0.4 is 0 Å². The molecule has 7 rings (SSSR count). The third kappa shape index (κ3) is 4.01. The first-order chi connectivity index (χ1) is 20.4. The molecule has 1 saturated carbocycles. The molecule has 0 heterocycles. The summed E-state index contributed by atoms with van der Waals surface area (Å²) in [6.07, 6.45) is 17.3. The summed E-state index contributed by atoms with van der Waals surface area (Å²) in [4.78, 5) is 0. The molecule has 0 N–H and O–H groups in total. The molecule has 0 spiro atoms. The summed E-state index contributed by atoms with van der Waals surface area (Å²) in [7, 11) is 0. The summed E-state index contributed by atoms with van der Waals surface area (Å²) in [5, 5.41) is 0. The zero-order valence-corrected chi connectivity index (χ0v) is 31.9. The SMILES string of the molecule is Cc1ccccc1-c1cccc2c1C=C[CH]2[Hf]([CH3])([CH3])([CH3])(=[SiH2])([CH]1CCCCC1)[CH]1C=Cc2c(-c3ccccc3C)cccc21. The predicted octanol–water partition coefficient (Wildman–Crippen LogP) is 11.7. The predicted molar refractivity (Wildman–Crippen MR) is 190 cm³/mol. The van der Waals surface area contributed by atoms with Gasteiger partial charge in [-0.15, -0.1) is 0 Å². The minimum absolute atomic E-state index is 0.451. The van der Waals surface area contributed by atoms with Crippen molar-refractivity contribution in [3.05, 3.63) is 130 Å². The monoisotopic (exact) mass is 748 g/mol. The van der Waals surface area contributed by atoms with Crippen LogP contribution in [-0.4, -0.2) is 6.94 Å². The number of fused-ring (bicyclic) bond motifs is 2. The van der Waals surface area contributed by atoms with E-state index in [0.29, 0.717) is 7.35 Å². The van der Waals surface area contributed by atoms with Gasteiger partial charge in [-0.2, -0.15) is 0 Å². The van der Waals surface area contributed by atoms with Crippen molar-refractivity contribution in [2.45, 2.75) is 71.0 Å². The molecule has 0 aliphatic heterocycles. The Morgan fingerprint density at radius 2 is 0.953 bits per heavy atom. The summed E-state index contributed by atoms with van der Waals surface area (Å²) in [5.74, 6) is 0. The molecule has 43 heavy (non-hydrogen) atoms. The molecule has 2 unspecified atom stereocenters. The van der Waals surface area contributed by atoms with Gasteiger partial charge in [0.2, 0.25) is 0 Å². The normalized spacial score (nSPS) is 22.3. The third-order valence-electron chi connectivity index (χ3n) is 13.3. The van der Waals surface area contributed by atoms with Crippen LogP contribution in [0.15, 0.2) is 97.1 Å². The Labute approximate surface area is 255 Å². The van der Waals surface area contributed by atoms with Gasteiger partial charge in [0.25, 0.3) is 0 Å². The molecule has 1 fully saturated rings. The van der Waals surface area contributed by atoms with Crippen molar-refractivity contribution in [2.24, 2.45) is 0 Å². The van der Waals surface area contributed by atoms with E-state index >= 15 is 0 Å². The molecule has 0 amide bonds. The van der Waals surface area contributed by atoms with Crippen LogP contribution in [0.2, 0.25) is 17.7 Å². The maximum absolute atomic E-state index is 5.05. The molecule has 4 aromatic rings. The molecule has 0 bridgehead atoms. The molecule has 0 nitrogen and oxygen atoms in total. The molecule has 3 aliphatic rings. The molecular formula is C41H48HfSi. The Hall–Kier alpha value is -2.55. The minimum atomic E-state index is -5.05. The first-order valence-corrected chi connectivity index (χ1v) is 42.0. The summed E-state index contributed by atoms with van der Waals surface area (Å²) < 4.78 is 10.4. The number of hydrogen-bond donors (Lipinski definition) is 0. The summed E-state index contributed by atoms with van der Waals surface area (Å²) >= 11 is -5.05. The van der Waals surface area contributed by atoms with Gasteiger partial charge in [0.15, 0.2) is 0 Å². The van der Waals surface area contributed by atoms with E-state index < -0.39 is 14.2 Å². The molecule has 2 heteroatoms. The van der Waals surface area contributed by atoms with Gasteiger partial charge in [0, 0.05) is 0 Å². The molecular weight excluding hydrogens is 699 g/mol. The summed E-state index contributed by atoms with van der Waals surface area (Å²) in [6.45, 7) is 7.08. The van der Waals surface area contributed by atoms with Crippen LogP contribution in [0.3, 0.4) is 0 Å². The topological polar surface area (TPSA) is 0 Å². The van der Waals surface area contributed by atoms with Crippen molar-refractivity contribution >= 4 is 19.1 Å². The first-order valence-electron chi connectivity index (χ1n) is 16.7. The van der Waals surface area contributed by atoms with E-state index in [4.69, 9.17) is 0 Å². The average Bonchev–Trinajstić information content (AvgIpc) is 3.65.